The van der Waals surface area contributed by atoms with Gasteiger partial charge in [-0.1, -0.05) is 126 Å². The molecule has 1 saturated heterocycles. The molecule has 2 N–H and O–H groups in total. The van der Waals surface area contributed by atoms with Gasteiger partial charge in [0, 0.05) is 37.0 Å². The fourth-order valence-electron chi connectivity index (χ4n) is 8.95. The van der Waals surface area contributed by atoms with Crippen molar-refractivity contribution in [3.63, 3.8) is 0 Å². The number of methoxy groups -OCH3 is 1. The number of ketones is 1. The van der Waals surface area contributed by atoms with E-state index in [1.807, 2.05) is 39.0 Å². The summed E-state index contributed by atoms with van der Waals surface area (Å²) in [6.07, 6.45) is 13.6. The monoisotopic (exact) mass is 918 g/mol. The Morgan fingerprint density at radius 1 is 0.825 bits per heavy atom. The second-order valence-corrected chi connectivity index (χ2v) is 31.9. The lowest BCUT2D eigenvalue weighted by atomic mass is 9.81. The zero-order valence-electron chi connectivity index (χ0n) is 43.1. The SMILES string of the molecule is C=C/C=C\[C@H](C)[C@H](OC(N)=O)[C@@H](C)[C@H](O[Si](C)(C)C(C)(C)C)[C@@H](C)C/C(C)=C\[C@H](C)[C@@H](O[Si](C)(C)C(C)(C)C)[C@@H](C)/C=C\C(=O)C[C@@H]1OC2(CCCC2)O[C@H]([C@@H](C)C(=O)OC)[C@H]1C. The Balaban J connectivity index is 2.47. The van der Waals surface area contributed by atoms with E-state index in [4.69, 9.17) is 33.5 Å². The standard InChI is InChI=1S/C51H91NO9Si2/c1-21-22-25-34(3)44(57-48(52)55)39(8)45(61-63(19,20)50(13,14)15)37(6)31-33(2)30-36(5)43(60-62(17,18)49(10,11)12)35(4)26-27-41(53)32-42-38(7)46(40(9)47(54)56-16)59-51(58-42)28-23-24-29-51/h21-22,25-27,30,34-40,42-46H,1,23-24,28-29,31-32H2,2-20H3,(H2,52,55)/b25-22-,27-26-,33-30-/t34-,35-,36-,37-,38-,39+,40+,42-,43-,44-,45+,46-/m0/s1. The average Bonchev–Trinajstić information content (AvgIpc) is 3.62. The Bertz CT molecular complexity index is 1600. The van der Waals surface area contributed by atoms with Crippen molar-refractivity contribution in [3.05, 3.63) is 48.6 Å². The van der Waals surface area contributed by atoms with Crippen LogP contribution in [-0.4, -0.2) is 77.9 Å². The van der Waals surface area contributed by atoms with Crippen LogP contribution in [0.15, 0.2) is 48.6 Å². The highest BCUT2D eigenvalue weighted by molar-refractivity contribution is 6.74. The number of carbonyl (C=O) groups excluding carboxylic acids is 3. The van der Waals surface area contributed by atoms with Crippen LogP contribution in [0.1, 0.15) is 135 Å². The number of rotatable bonds is 22. The van der Waals surface area contributed by atoms with Crippen LogP contribution in [0.3, 0.4) is 0 Å². The Morgan fingerprint density at radius 2 is 1.35 bits per heavy atom. The number of ether oxygens (including phenoxy) is 4. The van der Waals surface area contributed by atoms with Gasteiger partial charge in [-0.2, -0.15) is 0 Å². The number of hydrogen-bond donors (Lipinski definition) is 1. The fourth-order valence-corrected chi connectivity index (χ4v) is 11.9. The molecular weight excluding hydrogens is 827 g/mol. The summed E-state index contributed by atoms with van der Waals surface area (Å²) in [5.74, 6) is -2.01. The van der Waals surface area contributed by atoms with Crippen LogP contribution in [-0.2, 0) is 37.4 Å². The number of carbonyl (C=O) groups is 3. The maximum absolute atomic E-state index is 13.9. The van der Waals surface area contributed by atoms with E-state index < -0.39 is 46.6 Å². The van der Waals surface area contributed by atoms with Gasteiger partial charge in [-0.3, -0.25) is 9.59 Å². The van der Waals surface area contributed by atoms with E-state index in [0.717, 1.165) is 32.1 Å². The average molecular weight is 918 g/mol. The minimum atomic E-state index is -2.27. The maximum atomic E-state index is 13.9. The fraction of sp³-hybridized carbons (Fsp3) is 0.784. The quantitative estimate of drug-likeness (QED) is 0.0370. The van der Waals surface area contributed by atoms with Crippen LogP contribution in [0.5, 0.6) is 0 Å². The van der Waals surface area contributed by atoms with Gasteiger partial charge in [0.2, 0.25) is 0 Å². The summed E-state index contributed by atoms with van der Waals surface area (Å²) < 4.78 is 38.6. The summed E-state index contributed by atoms with van der Waals surface area (Å²) in [4.78, 5) is 38.8. The molecule has 1 spiro atoms. The first kappa shape index (κ1) is 56.8. The summed E-state index contributed by atoms with van der Waals surface area (Å²) in [6, 6.07) is 0. The third kappa shape index (κ3) is 15.9. The Kier molecular flexibility index (Phi) is 21.1. The highest BCUT2D eigenvalue weighted by Gasteiger charge is 2.51. The molecule has 0 bridgehead atoms. The number of primary amides is 1. The topological polar surface area (TPSA) is 133 Å². The zero-order chi connectivity index (χ0) is 48.5. The second-order valence-electron chi connectivity index (χ2n) is 22.4. The molecule has 2 rings (SSSR count). The molecular formula is C51H91NO9Si2. The molecule has 0 aromatic carbocycles. The Hall–Kier alpha value is -2.36. The number of amides is 1. The Labute approximate surface area is 386 Å². The van der Waals surface area contributed by atoms with Gasteiger partial charge in [-0.25, -0.2) is 4.79 Å². The van der Waals surface area contributed by atoms with Crippen molar-refractivity contribution in [2.75, 3.05) is 7.11 Å². The molecule has 63 heavy (non-hydrogen) atoms. The first-order chi connectivity index (χ1) is 28.8. The van der Waals surface area contributed by atoms with Crippen LogP contribution in [0.2, 0.25) is 36.3 Å². The molecule has 0 radical (unpaired) electrons. The maximum Gasteiger partial charge on any atom is 0.404 e. The minimum absolute atomic E-state index is 0.0198. The van der Waals surface area contributed by atoms with Crippen molar-refractivity contribution in [1.29, 1.82) is 0 Å². The highest BCUT2D eigenvalue weighted by atomic mass is 28.4. The van der Waals surface area contributed by atoms with Crippen molar-refractivity contribution in [2.24, 2.45) is 47.2 Å². The molecule has 362 valence electrons. The number of nitrogens with two attached hydrogens (primary N) is 1. The largest absolute Gasteiger partial charge is 0.469 e. The summed E-state index contributed by atoms with van der Waals surface area (Å²) in [5.41, 5.74) is 6.88. The lowest BCUT2D eigenvalue weighted by molar-refractivity contribution is -0.338. The third-order valence-electron chi connectivity index (χ3n) is 14.9. The molecule has 0 aromatic rings. The van der Waals surface area contributed by atoms with Gasteiger partial charge in [0.1, 0.15) is 6.10 Å². The third-order valence-corrected chi connectivity index (χ3v) is 23.8. The molecule has 2 fully saturated rings. The second kappa shape index (κ2) is 23.4. The van der Waals surface area contributed by atoms with Crippen LogP contribution >= 0.6 is 0 Å². The van der Waals surface area contributed by atoms with E-state index in [1.54, 1.807) is 12.2 Å². The van der Waals surface area contributed by atoms with Crippen LogP contribution in [0, 0.1) is 41.4 Å². The van der Waals surface area contributed by atoms with E-state index in [9.17, 15) is 14.4 Å². The lowest BCUT2D eigenvalue weighted by Gasteiger charge is -2.47. The van der Waals surface area contributed by atoms with E-state index in [-0.39, 0.29) is 82.1 Å². The predicted octanol–water partition coefficient (Wildman–Crippen LogP) is 12.5. The van der Waals surface area contributed by atoms with Gasteiger partial charge in [0.25, 0.3) is 0 Å². The normalized spacial score (nSPS) is 24.6. The zero-order valence-corrected chi connectivity index (χ0v) is 45.1. The smallest absolute Gasteiger partial charge is 0.404 e. The first-order valence-electron chi connectivity index (χ1n) is 23.8. The van der Waals surface area contributed by atoms with Gasteiger partial charge >= 0.3 is 12.1 Å². The van der Waals surface area contributed by atoms with Crippen LogP contribution in [0.25, 0.3) is 0 Å². The van der Waals surface area contributed by atoms with E-state index in [1.165, 1.54) is 12.7 Å². The number of hydrogen-bond acceptors (Lipinski definition) is 9. The van der Waals surface area contributed by atoms with Crippen molar-refractivity contribution in [2.45, 2.75) is 208 Å². The molecule has 2 aliphatic rings. The summed E-state index contributed by atoms with van der Waals surface area (Å²) in [5, 5.41) is -0.0500. The lowest BCUT2D eigenvalue weighted by Crippen LogP contribution is -2.55. The van der Waals surface area contributed by atoms with E-state index >= 15 is 0 Å². The molecule has 12 atom stereocenters. The van der Waals surface area contributed by atoms with E-state index in [2.05, 4.69) is 115 Å². The molecule has 0 aromatic heterocycles. The van der Waals surface area contributed by atoms with Gasteiger partial charge in [-0.15, -0.1) is 0 Å². The summed E-state index contributed by atoms with van der Waals surface area (Å²) in [6.45, 7) is 43.2. The molecule has 1 amide bonds. The molecule has 1 saturated carbocycles. The highest BCUT2D eigenvalue weighted by Crippen LogP contribution is 2.46. The van der Waals surface area contributed by atoms with Gasteiger partial charge in [0.05, 0.1) is 37.4 Å². The van der Waals surface area contributed by atoms with Gasteiger partial charge in [-0.05, 0) is 93.2 Å². The first-order valence-corrected chi connectivity index (χ1v) is 29.6. The summed E-state index contributed by atoms with van der Waals surface area (Å²) in [7, 11) is -3.12. The van der Waals surface area contributed by atoms with Gasteiger partial charge < -0.3 is 33.5 Å². The van der Waals surface area contributed by atoms with Crippen molar-refractivity contribution < 1.29 is 42.2 Å². The molecule has 0 unspecified atom stereocenters. The Morgan fingerprint density at radius 3 is 1.84 bits per heavy atom. The van der Waals surface area contributed by atoms with Crippen molar-refractivity contribution in [1.82, 2.24) is 0 Å². The van der Waals surface area contributed by atoms with Crippen molar-refractivity contribution in [3.8, 4) is 0 Å². The molecule has 10 nitrogen and oxygen atoms in total. The van der Waals surface area contributed by atoms with E-state index in [0.29, 0.717) is 0 Å². The predicted molar refractivity (Wildman–Crippen MR) is 262 cm³/mol. The van der Waals surface area contributed by atoms with Crippen LogP contribution < -0.4 is 5.73 Å². The minimum Gasteiger partial charge on any atom is -0.469 e. The number of allylic oxidation sites excluding steroid dienone is 4. The summed E-state index contributed by atoms with van der Waals surface area (Å²) >= 11 is 0. The molecule has 1 heterocycles. The van der Waals surface area contributed by atoms with Gasteiger partial charge in [0.15, 0.2) is 28.2 Å². The molecule has 1 aliphatic carbocycles. The number of esters is 1. The van der Waals surface area contributed by atoms with Crippen molar-refractivity contribution >= 4 is 34.5 Å². The van der Waals surface area contributed by atoms with Crippen LogP contribution in [0.4, 0.5) is 4.79 Å². The molecule has 1 aliphatic heterocycles. The molecule has 12 heteroatoms.